The molecule has 2 aromatic carbocycles. The second-order valence-corrected chi connectivity index (χ2v) is 9.01. The largest absolute Gasteiger partial charge is 0.467 e. The lowest BCUT2D eigenvalue weighted by Gasteiger charge is -2.20. The van der Waals surface area contributed by atoms with Crippen LogP contribution in [0.25, 0.3) is 0 Å². The molecule has 0 spiro atoms. The number of nitrogens with zero attached hydrogens (tertiary/aromatic N) is 1. The van der Waals surface area contributed by atoms with E-state index in [2.05, 4.69) is 10.6 Å². The van der Waals surface area contributed by atoms with E-state index in [1.807, 2.05) is 0 Å². The highest BCUT2D eigenvalue weighted by Gasteiger charge is 2.18. The summed E-state index contributed by atoms with van der Waals surface area (Å²) in [6.07, 6.45) is 2.61. The van der Waals surface area contributed by atoms with Crippen LogP contribution in [0.5, 0.6) is 0 Å². The van der Waals surface area contributed by atoms with E-state index >= 15 is 0 Å². The first-order valence-corrected chi connectivity index (χ1v) is 11.3. The third-order valence-electron chi connectivity index (χ3n) is 4.73. The van der Waals surface area contributed by atoms with Gasteiger partial charge < -0.3 is 15.1 Å². The SMILES string of the molecule is Cc1ccc(C(=O)Nc2ccccc2C(=O)NCc2ccco2)cc1N(C)S(C)(=O)=O. The van der Waals surface area contributed by atoms with Gasteiger partial charge >= 0.3 is 0 Å². The van der Waals surface area contributed by atoms with E-state index in [1.165, 1.54) is 19.4 Å². The third kappa shape index (κ3) is 5.32. The smallest absolute Gasteiger partial charge is 0.255 e. The molecule has 0 aliphatic carbocycles. The minimum Gasteiger partial charge on any atom is -0.467 e. The third-order valence-corrected chi connectivity index (χ3v) is 5.92. The fourth-order valence-electron chi connectivity index (χ4n) is 2.93. The van der Waals surface area contributed by atoms with Crippen LogP contribution in [0.2, 0.25) is 0 Å². The number of hydrogen-bond donors (Lipinski definition) is 2. The highest BCUT2D eigenvalue weighted by Crippen LogP contribution is 2.24. The Kier molecular flexibility index (Phi) is 6.45. The monoisotopic (exact) mass is 441 g/mol. The Bertz CT molecular complexity index is 1200. The molecule has 2 amide bonds. The summed E-state index contributed by atoms with van der Waals surface area (Å²) < 4.78 is 30.1. The predicted molar refractivity (Wildman–Crippen MR) is 119 cm³/mol. The van der Waals surface area contributed by atoms with Gasteiger partial charge in [0.2, 0.25) is 10.0 Å². The molecule has 0 radical (unpaired) electrons. The van der Waals surface area contributed by atoms with Crippen LogP contribution in [0.15, 0.2) is 65.3 Å². The average molecular weight is 442 g/mol. The zero-order chi connectivity index (χ0) is 22.6. The molecule has 9 heteroatoms. The number of nitrogens with one attached hydrogen (secondary N) is 2. The molecule has 0 saturated carbocycles. The first kappa shape index (κ1) is 22.1. The van der Waals surface area contributed by atoms with Gasteiger partial charge in [0.1, 0.15) is 5.76 Å². The van der Waals surface area contributed by atoms with Crippen LogP contribution >= 0.6 is 0 Å². The van der Waals surface area contributed by atoms with Crippen LogP contribution in [0, 0.1) is 6.92 Å². The second kappa shape index (κ2) is 9.05. The number of furan rings is 1. The summed E-state index contributed by atoms with van der Waals surface area (Å²) in [5, 5.41) is 5.48. The number of sulfonamides is 1. The summed E-state index contributed by atoms with van der Waals surface area (Å²) in [4.78, 5) is 25.4. The van der Waals surface area contributed by atoms with E-state index in [1.54, 1.807) is 55.5 Å². The van der Waals surface area contributed by atoms with Crippen molar-refractivity contribution >= 4 is 33.2 Å². The lowest BCUT2D eigenvalue weighted by molar-refractivity contribution is 0.0949. The Labute approximate surface area is 180 Å². The number of benzene rings is 2. The lowest BCUT2D eigenvalue weighted by Crippen LogP contribution is -2.26. The average Bonchev–Trinajstić information content (AvgIpc) is 3.25. The fourth-order valence-corrected chi connectivity index (χ4v) is 3.48. The summed E-state index contributed by atoms with van der Waals surface area (Å²) >= 11 is 0. The quantitative estimate of drug-likeness (QED) is 0.585. The maximum atomic E-state index is 12.8. The van der Waals surface area contributed by atoms with Crippen molar-refractivity contribution in [1.82, 2.24) is 5.32 Å². The molecule has 0 unspecified atom stereocenters. The first-order valence-electron chi connectivity index (χ1n) is 9.42. The van der Waals surface area contributed by atoms with Gasteiger partial charge in [-0.3, -0.25) is 13.9 Å². The number of aryl methyl sites for hydroxylation is 1. The van der Waals surface area contributed by atoms with Crippen molar-refractivity contribution in [2.45, 2.75) is 13.5 Å². The van der Waals surface area contributed by atoms with Crippen molar-refractivity contribution < 1.29 is 22.4 Å². The molecule has 1 aromatic heterocycles. The van der Waals surface area contributed by atoms with Gasteiger partial charge in [-0.1, -0.05) is 18.2 Å². The van der Waals surface area contributed by atoms with Crippen LogP contribution < -0.4 is 14.9 Å². The van der Waals surface area contributed by atoms with Crippen LogP contribution in [0.1, 0.15) is 32.0 Å². The molecule has 8 nitrogen and oxygen atoms in total. The summed E-state index contributed by atoms with van der Waals surface area (Å²) in [5.41, 5.74) is 2.01. The van der Waals surface area contributed by atoms with Gasteiger partial charge in [0.25, 0.3) is 11.8 Å². The predicted octanol–water partition coefficient (Wildman–Crippen LogP) is 3.17. The summed E-state index contributed by atoms with van der Waals surface area (Å²) in [6.45, 7) is 1.98. The molecule has 0 aliphatic rings. The Morgan fingerprint density at radius 2 is 1.77 bits per heavy atom. The molecule has 1 heterocycles. The Balaban J connectivity index is 1.80. The number of hydrogen-bond acceptors (Lipinski definition) is 5. The van der Waals surface area contributed by atoms with Gasteiger partial charge in [-0.25, -0.2) is 8.42 Å². The second-order valence-electron chi connectivity index (χ2n) is 6.99. The van der Waals surface area contributed by atoms with Crippen molar-refractivity contribution in [1.29, 1.82) is 0 Å². The number of rotatable bonds is 7. The fraction of sp³-hybridized carbons (Fsp3) is 0.182. The topological polar surface area (TPSA) is 109 Å². The number of carbonyl (C=O) groups excluding carboxylic acids is 2. The van der Waals surface area contributed by atoms with Crippen molar-refractivity contribution in [3.63, 3.8) is 0 Å². The zero-order valence-electron chi connectivity index (χ0n) is 17.4. The van der Waals surface area contributed by atoms with Gasteiger partial charge in [-0.2, -0.15) is 0 Å². The van der Waals surface area contributed by atoms with Crippen molar-refractivity contribution in [3.8, 4) is 0 Å². The summed E-state index contributed by atoms with van der Waals surface area (Å²) in [7, 11) is -2.05. The van der Waals surface area contributed by atoms with E-state index in [9.17, 15) is 18.0 Å². The molecule has 162 valence electrons. The molecule has 0 fully saturated rings. The van der Waals surface area contributed by atoms with Crippen LogP contribution in [-0.4, -0.2) is 33.5 Å². The molecule has 3 rings (SSSR count). The van der Waals surface area contributed by atoms with Crippen molar-refractivity contribution in [2.75, 3.05) is 22.9 Å². The molecule has 3 aromatic rings. The molecule has 2 N–H and O–H groups in total. The van der Waals surface area contributed by atoms with Crippen molar-refractivity contribution in [2.24, 2.45) is 0 Å². The minimum absolute atomic E-state index is 0.216. The van der Waals surface area contributed by atoms with Gasteiger partial charge in [-0.05, 0) is 48.9 Å². The van der Waals surface area contributed by atoms with E-state index in [4.69, 9.17) is 4.42 Å². The normalized spacial score (nSPS) is 11.1. The molecule has 0 atom stereocenters. The van der Waals surface area contributed by atoms with Crippen LogP contribution in [0.3, 0.4) is 0 Å². The lowest BCUT2D eigenvalue weighted by atomic mass is 10.1. The van der Waals surface area contributed by atoms with E-state index in [-0.39, 0.29) is 18.0 Å². The molecule has 31 heavy (non-hydrogen) atoms. The van der Waals surface area contributed by atoms with Gasteiger partial charge in [0.05, 0.1) is 36.0 Å². The van der Waals surface area contributed by atoms with Crippen LogP contribution in [0.4, 0.5) is 11.4 Å². The van der Waals surface area contributed by atoms with Gasteiger partial charge in [0, 0.05) is 12.6 Å². The Morgan fingerprint density at radius 3 is 2.45 bits per heavy atom. The standard InChI is InChI=1S/C22H23N3O5S/c1-15-10-11-16(13-20(15)25(2)31(3,28)29)21(26)24-19-9-5-4-8-18(19)22(27)23-14-17-7-6-12-30-17/h4-13H,14H2,1-3H3,(H,23,27)(H,24,26). The van der Waals surface area contributed by atoms with Gasteiger partial charge in [-0.15, -0.1) is 0 Å². The number of anilines is 2. The van der Waals surface area contributed by atoms with Crippen molar-refractivity contribution in [3.05, 3.63) is 83.3 Å². The first-order chi connectivity index (χ1) is 14.7. The summed E-state index contributed by atoms with van der Waals surface area (Å²) in [6, 6.07) is 14.9. The summed E-state index contributed by atoms with van der Waals surface area (Å²) in [5.74, 6) is -0.222. The molecular formula is C22H23N3O5S. The van der Waals surface area contributed by atoms with Gasteiger partial charge in [0.15, 0.2) is 0 Å². The number of para-hydroxylation sites is 1. The molecule has 0 saturated heterocycles. The maximum absolute atomic E-state index is 12.8. The Morgan fingerprint density at radius 1 is 1.03 bits per heavy atom. The highest BCUT2D eigenvalue weighted by atomic mass is 32.2. The van der Waals surface area contributed by atoms with E-state index in [0.717, 1.165) is 10.6 Å². The van der Waals surface area contributed by atoms with E-state index < -0.39 is 15.9 Å². The zero-order valence-corrected chi connectivity index (χ0v) is 18.2. The number of carbonyl (C=O) groups is 2. The minimum atomic E-state index is -3.48. The number of amides is 2. The van der Waals surface area contributed by atoms with E-state index in [0.29, 0.717) is 28.3 Å². The Hall–Kier alpha value is -3.59. The maximum Gasteiger partial charge on any atom is 0.255 e. The molecule has 0 aliphatic heterocycles. The van der Waals surface area contributed by atoms with Crippen LogP contribution in [-0.2, 0) is 16.6 Å². The molecule has 0 bridgehead atoms. The molecular weight excluding hydrogens is 418 g/mol. The highest BCUT2D eigenvalue weighted by molar-refractivity contribution is 7.92.